The van der Waals surface area contributed by atoms with Crippen LogP contribution in [0.3, 0.4) is 0 Å². The summed E-state index contributed by atoms with van der Waals surface area (Å²) in [6.45, 7) is 3.27. The lowest BCUT2D eigenvalue weighted by atomic mass is 9.87. The summed E-state index contributed by atoms with van der Waals surface area (Å²) < 4.78 is 12.9. The predicted octanol–water partition coefficient (Wildman–Crippen LogP) is 3.55. The number of nitrogens with one attached hydrogen (secondary N) is 1. The van der Waals surface area contributed by atoms with E-state index in [2.05, 4.69) is 12.2 Å². The minimum absolute atomic E-state index is 0.168. The largest absolute Gasteiger partial charge is 0.311 e. The Balaban J connectivity index is 2.19. The van der Waals surface area contributed by atoms with Gasteiger partial charge in [0, 0.05) is 10.6 Å². The van der Waals surface area contributed by atoms with E-state index in [1.807, 2.05) is 0 Å². The predicted molar refractivity (Wildman–Crippen MR) is 65.4 cm³/mol. The summed E-state index contributed by atoms with van der Waals surface area (Å²) in [6, 6.07) is 4.68. The third-order valence-corrected chi connectivity index (χ3v) is 3.90. The second-order valence-corrected chi connectivity index (χ2v) is 4.98. The van der Waals surface area contributed by atoms with Crippen LogP contribution in [0.15, 0.2) is 18.2 Å². The average molecular weight is 242 g/mol. The molecule has 1 unspecified atom stereocenters. The lowest BCUT2D eigenvalue weighted by Gasteiger charge is -2.28. The van der Waals surface area contributed by atoms with Gasteiger partial charge in [0.1, 0.15) is 5.82 Å². The summed E-state index contributed by atoms with van der Waals surface area (Å²) >= 11 is 6.06. The van der Waals surface area contributed by atoms with E-state index in [9.17, 15) is 4.39 Å². The van der Waals surface area contributed by atoms with Crippen molar-refractivity contribution in [1.82, 2.24) is 5.32 Å². The minimum Gasteiger partial charge on any atom is -0.311 e. The fourth-order valence-electron chi connectivity index (χ4n) is 2.48. The molecule has 16 heavy (non-hydrogen) atoms. The monoisotopic (exact) mass is 241 g/mol. The fourth-order valence-corrected chi connectivity index (χ4v) is 2.71. The van der Waals surface area contributed by atoms with Crippen LogP contribution in [-0.4, -0.2) is 12.1 Å². The van der Waals surface area contributed by atoms with Crippen LogP contribution < -0.4 is 5.32 Å². The smallest absolute Gasteiger partial charge is 0.124 e. The van der Waals surface area contributed by atoms with E-state index in [1.54, 1.807) is 6.07 Å². The van der Waals surface area contributed by atoms with E-state index in [1.165, 1.54) is 25.0 Å². The molecule has 0 saturated carbocycles. The van der Waals surface area contributed by atoms with Crippen molar-refractivity contribution in [3.63, 3.8) is 0 Å². The molecule has 1 saturated heterocycles. The van der Waals surface area contributed by atoms with Crippen molar-refractivity contribution in [3.8, 4) is 0 Å². The Morgan fingerprint density at radius 2 is 2.31 bits per heavy atom. The van der Waals surface area contributed by atoms with Crippen molar-refractivity contribution in [2.45, 2.75) is 38.1 Å². The van der Waals surface area contributed by atoms with Gasteiger partial charge < -0.3 is 5.32 Å². The number of halogens is 2. The van der Waals surface area contributed by atoms with E-state index in [0.29, 0.717) is 5.02 Å². The Morgan fingerprint density at radius 3 is 2.88 bits per heavy atom. The Morgan fingerprint density at radius 1 is 1.50 bits per heavy atom. The third kappa shape index (κ3) is 2.38. The van der Waals surface area contributed by atoms with Gasteiger partial charge in [0.25, 0.3) is 0 Å². The quantitative estimate of drug-likeness (QED) is 0.854. The molecular formula is C13H17ClFN. The van der Waals surface area contributed by atoms with Crippen LogP contribution in [0.25, 0.3) is 0 Å². The highest BCUT2D eigenvalue weighted by Gasteiger charge is 2.31. The SMILES string of the molecule is CCC1(Cc2ccc(F)cc2Cl)CCCN1. The molecule has 0 aliphatic carbocycles. The Kier molecular flexibility index (Phi) is 3.50. The molecule has 1 aliphatic heterocycles. The average Bonchev–Trinajstić information content (AvgIpc) is 2.72. The molecular weight excluding hydrogens is 225 g/mol. The third-order valence-electron chi connectivity index (χ3n) is 3.55. The van der Waals surface area contributed by atoms with E-state index in [-0.39, 0.29) is 11.4 Å². The van der Waals surface area contributed by atoms with Crippen LogP contribution >= 0.6 is 11.6 Å². The molecule has 88 valence electrons. The highest BCUT2D eigenvalue weighted by Crippen LogP contribution is 2.30. The standard InChI is InChI=1S/C13H17ClFN/c1-2-13(6-3-7-16-13)9-10-4-5-11(15)8-12(10)14/h4-5,8,16H,2-3,6-7,9H2,1H3. The van der Waals surface area contributed by atoms with Crippen molar-refractivity contribution >= 4 is 11.6 Å². The topological polar surface area (TPSA) is 12.0 Å². The van der Waals surface area contributed by atoms with Gasteiger partial charge in [0.15, 0.2) is 0 Å². The minimum atomic E-state index is -0.265. The van der Waals surface area contributed by atoms with Crippen LogP contribution in [0.2, 0.25) is 5.02 Å². The first-order valence-electron chi connectivity index (χ1n) is 5.84. The Bertz CT molecular complexity index is 372. The Hall–Kier alpha value is -0.600. The molecule has 1 N–H and O–H groups in total. The van der Waals surface area contributed by atoms with Gasteiger partial charge in [-0.05, 0) is 49.9 Å². The van der Waals surface area contributed by atoms with Crippen molar-refractivity contribution in [2.24, 2.45) is 0 Å². The molecule has 1 fully saturated rings. The molecule has 1 atom stereocenters. The normalized spacial score (nSPS) is 24.9. The molecule has 1 nitrogen and oxygen atoms in total. The second kappa shape index (κ2) is 4.72. The zero-order valence-electron chi connectivity index (χ0n) is 9.52. The number of hydrogen-bond donors (Lipinski definition) is 1. The van der Waals surface area contributed by atoms with Gasteiger partial charge in [-0.1, -0.05) is 24.6 Å². The van der Waals surface area contributed by atoms with Crippen LogP contribution in [0, 0.1) is 5.82 Å². The summed E-state index contributed by atoms with van der Waals surface area (Å²) in [7, 11) is 0. The van der Waals surface area contributed by atoms with Gasteiger partial charge in [0.05, 0.1) is 0 Å². The lowest BCUT2D eigenvalue weighted by Crippen LogP contribution is -2.41. The molecule has 0 bridgehead atoms. The van der Waals surface area contributed by atoms with Crippen molar-refractivity contribution in [1.29, 1.82) is 0 Å². The summed E-state index contributed by atoms with van der Waals surface area (Å²) in [6.07, 6.45) is 4.37. The number of benzene rings is 1. The molecule has 1 aliphatic rings. The molecule has 0 radical (unpaired) electrons. The molecule has 1 aromatic rings. The van der Waals surface area contributed by atoms with Crippen molar-refractivity contribution in [3.05, 3.63) is 34.6 Å². The zero-order chi connectivity index (χ0) is 11.6. The summed E-state index contributed by atoms with van der Waals surface area (Å²) in [5.41, 5.74) is 1.21. The summed E-state index contributed by atoms with van der Waals surface area (Å²) in [5, 5.41) is 4.10. The first kappa shape index (κ1) is 11.9. The molecule has 0 spiro atoms. The van der Waals surface area contributed by atoms with Crippen molar-refractivity contribution < 1.29 is 4.39 Å². The van der Waals surface area contributed by atoms with Gasteiger partial charge >= 0.3 is 0 Å². The van der Waals surface area contributed by atoms with Gasteiger partial charge in [0.2, 0.25) is 0 Å². The maximum atomic E-state index is 12.9. The molecule has 2 rings (SSSR count). The molecule has 3 heteroatoms. The Labute approximate surface area is 101 Å². The van der Waals surface area contributed by atoms with E-state index in [0.717, 1.165) is 24.9 Å². The maximum absolute atomic E-state index is 12.9. The molecule has 1 heterocycles. The number of hydrogen-bond acceptors (Lipinski definition) is 1. The van der Waals surface area contributed by atoms with E-state index in [4.69, 9.17) is 11.6 Å². The van der Waals surface area contributed by atoms with Gasteiger partial charge in [-0.3, -0.25) is 0 Å². The van der Waals surface area contributed by atoms with E-state index >= 15 is 0 Å². The summed E-state index contributed by atoms with van der Waals surface area (Å²) in [5.74, 6) is -0.265. The van der Waals surface area contributed by atoms with Gasteiger partial charge in [-0.15, -0.1) is 0 Å². The molecule has 1 aromatic carbocycles. The molecule has 0 aromatic heterocycles. The van der Waals surface area contributed by atoms with Crippen LogP contribution in [0.1, 0.15) is 31.7 Å². The van der Waals surface area contributed by atoms with Crippen molar-refractivity contribution in [2.75, 3.05) is 6.54 Å². The van der Waals surface area contributed by atoms with Crippen LogP contribution in [0.5, 0.6) is 0 Å². The first-order chi connectivity index (χ1) is 7.65. The van der Waals surface area contributed by atoms with Crippen LogP contribution in [0.4, 0.5) is 4.39 Å². The first-order valence-corrected chi connectivity index (χ1v) is 6.22. The fraction of sp³-hybridized carbons (Fsp3) is 0.538. The van der Waals surface area contributed by atoms with Crippen LogP contribution in [-0.2, 0) is 6.42 Å². The van der Waals surface area contributed by atoms with Gasteiger partial charge in [-0.25, -0.2) is 4.39 Å². The number of rotatable bonds is 3. The second-order valence-electron chi connectivity index (χ2n) is 4.58. The highest BCUT2D eigenvalue weighted by molar-refractivity contribution is 6.31. The van der Waals surface area contributed by atoms with E-state index < -0.39 is 0 Å². The molecule has 0 amide bonds. The highest BCUT2D eigenvalue weighted by atomic mass is 35.5. The van der Waals surface area contributed by atoms with Gasteiger partial charge in [-0.2, -0.15) is 0 Å². The summed E-state index contributed by atoms with van der Waals surface area (Å²) in [4.78, 5) is 0. The maximum Gasteiger partial charge on any atom is 0.124 e. The zero-order valence-corrected chi connectivity index (χ0v) is 10.3. The lowest BCUT2D eigenvalue weighted by molar-refractivity contribution is 0.360.